The van der Waals surface area contributed by atoms with Crippen molar-refractivity contribution in [2.45, 2.75) is 45.3 Å². The van der Waals surface area contributed by atoms with Gasteiger partial charge in [-0.2, -0.15) is 0 Å². The fourth-order valence-electron chi connectivity index (χ4n) is 1.07. The van der Waals surface area contributed by atoms with Crippen molar-refractivity contribution in [1.29, 1.82) is 0 Å². The molecular weight excluding hydrogens is 140 g/mol. The van der Waals surface area contributed by atoms with Crippen LogP contribution in [0, 0.1) is 0 Å². The van der Waals surface area contributed by atoms with Crippen LogP contribution in [0.2, 0.25) is 0 Å². The standard InChI is InChI=1S/C8H20OSi/c1-4-6-7-8(3,10)9-5-2/h4-7H2,1-3,10H3. The summed E-state index contributed by atoms with van der Waals surface area (Å²) in [6.07, 6.45) is 3.83. The average Bonchev–Trinajstić information content (AvgIpc) is 1.84. The smallest absolute Gasteiger partial charge is 0.0458 e. The molecule has 2 heteroatoms. The van der Waals surface area contributed by atoms with Crippen molar-refractivity contribution in [2.75, 3.05) is 6.61 Å². The van der Waals surface area contributed by atoms with E-state index in [1.54, 1.807) is 0 Å². The molecular formula is C8H20OSi. The molecule has 0 amide bonds. The number of unbranched alkanes of at least 4 members (excludes halogenated alkanes) is 1. The molecule has 0 spiro atoms. The monoisotopic (exact) mass is 160 g/mol. The second-order valence-corrected chi connectivity index (χ2v) is 5.41. The summed E-state index contributed by atoms with van der Waals surface area (Å²) in [5.74, 6) is 0. The number of hydrogen-bond acceptors (Lipinski definition) is 1. The first-order valence-corrected chi connectivity index (χ1v) is 5.26. The van der Waals surface area contributed by atoms with Crippen molar-refractivity contribution in [3.05, 3.63) is 0 Å². The summed E-state index contributed by atoms with van der Waals surface area (Å²) in [6.45, 7) is 7.38. The van der Waals surface area contributed by atoms with E-state index >= 15 is 0 Å². The van der Waals surface area contributed by atoms with E-state index in [1.807, 2.05) is 0 Å². The largest absolute Gasteiger partial charge is 0.380 e. The highest BCUT2D eigenvalue weighted by Gasteiger charge is 2.15. The van der Waals surface area contributed by atoms with Crippen molar-refractivity contribution in [3.63, 3.8) is 0 Å². The van der Waals surface area contributed by atoms with Gasteiger partial charge in [0.25, 0.3) is 0 Å². The zero-order valence-electron chi connectivity index (χ0n) is 7.74. The molecule has 0 N–H and O–H groups in total. The van der Waals surface area contributed by atoms with Gasteiger partial charge in [-0.05, 0) is 20.3 Å². The highest BCUT2D eigenvalue weighted by atomic mass is 28.1. The molecule has 0 aromatic rings. The topological polar surface area (TPSA) is 9.23 Å². The van der Waals surface area contributed by atoms with Crippen LogP contribution in [-0.4, -0.2) is 22.1 Å². The van der Waals surface area contributed by atoms with Gasteiger partial charge in [-0.15, -0.1) is 0 Å². The third kappa shape index (κ3) is 5.00. The molecule has 0 aliphatic rings. The Hall–Kier alpha value is 0.177. The van der Waals surface area contributed by atoms with Gasteiger partial charge >= 0.3 is 0 Å². The maximum Gasteiger partial charge on any atom is 0.0458 e. The van der Waals surface area contributed by atoms with Gasteiger partial charge in [0.15, 0.2) is 0 Å². The summed E-state index contributed by atoms with van der Waals surface area (Å²) in [6, 6.07) is 0. The SMILES string of the molecule is CCCCC(C)([SiH3])OCC. The second-order valence-electron chi connectivity index (χ2n) is 3.30. The summed E-state index contributed by atoms with van der Waals surface area (Å²) in [5.41, 5.74) is 0. The average molecular weight is 160 g/mol. The predicted molar refractivity (Wildman–Crippen MR) is 49.5 cm³/mol. The molecule has 1 nitrogen and oxygen atoms in total. The molecule has 0 aromatic heterocycles. The van der Waals surface area contributed by atoms with Crippen LogP contribution in [0.3, 0.4) is 0 Å². The van der Waals surface area contributed by atoms with Crippen molar-refractivity contribution in [1.82, 2.24) is 0 Å². The summed E-state index contributed by atoms with van der Waals surface area (Å²) in [4.78, 5) is 0. The molecule has 0 aliphatic carbocycles. The van der Waals surface area contributed by atoms with E-state index in [4.69, 9.17) is 4.74 Å². The van der Waals surface area contributed by atoms with E-state index in [0.29, 0.717) is 0 Å². The molecule has 10 heavy (non-hydrogen) atoms. The van der Waals surface area contributed by atoms with Gasteiger partial charge in [0.2, 0.25) is 0 Å². The summed E-state index contributed by atoms with van der Waals surface area (Å²) in [7, 11) is 1.15. The summed E-state index contributed by atoms with van der Waals surface area (Å²) < 4.78 is 5.59. The fraction of sp³-hybridized carbons (Fsp3) is 1.00. The van der Waals surface area contributed by atoms with Crippen molar-refractivity contribution in [3.8, 4) is 0 Å². The zero-order valence-corrected chi connectivity index (χ0v) is 9.74. The van der Waals surface area contributed by atoms with Gasteiger partial charge in [0, 0.05) is 22.1 Å². The van der Waals surface area contributed by atoms with E-state index in [1.165, 1.54) is 19.3 Å². The molecule has 0 radical (unpaired) electrons. The van der Waals surface area contributed by atoms with Crippen LogP contribution >= 0.6 is 0 Å². The molecule has 1 unspecified atom stereocenters. The number of ether oxygens (including phenoxy) is 1. The molecule has 0 bridgehead atoms. The Morgan fingerprint density at radius 3 is 2.40 bits per heavy atom. The van der Waals surface area contributed by atoms with Crippen LogP contribution in [0.15, 0.2) is 0 Å². The Labute approximate surface area is 67.6 Å². The Morgan fingerprint density at radius 1 is 1.40 bits per heavy atom. The third-order valence-electron chi connectivity index (χ3n) is 1.67. The molecule has 0 heterocycles. The fourth-order valence-corrected chi connectivity index (χ4v) is 1.71. The molecule has 0 saturated carbocycles. The lowest BCUT2D eigenvalue weighted by Crippen LogP contribution is -2.28. The lowest BCUT2D eigenvalue weighted by Gasteiger charge is -2.24. The van der Waals surface area contributed by atoms with E-state index in [9.17, 15) is 0 Å². The normalized spacial score (nSPS) is 17.1. The van der Waals surface area contributed by atoms with Gasteiger partial charge in [0.05, 0.1) is 0 Å². The molecule has 0 rings (SSSR count). The molecule has 0 saturated heterocycles. The first-order chi connectivity index (χ1) is 4.62. The van der Waals surface area contributed by atoms with Crippen LogP contribution in [0.25, 0.3) is 0 Å². The maximum absolute atomic E-state index is 5.59. The van der Waals surface area contributed by atoms with Crippen LogP contribution in [0.5, 0.6) is 0 Å². The Kier molecular flexibility index (Phi) is 5.00. The Morgan fingerprint density at radius 2 is 2.00 bits per heavy atom. The zero-order chi connectivity index (χ0) is 8.04. The maximum atomic E-state index is 5.59. The predicted octanol–water partition coefficient (Wildman–Crippen LogP) is 1.29. The molecule has 0 aliphatic heterocycles. The van der Waals surface area contributed by atoms with Crippen molar-refractivity contribution < 1.29 is 4.74 Å². The second kappa shape index (κ2) is 4.91. The van der Waals surface area contributed by atoms with Gasteiger partial charge in [-0.3, -0.25) is 0 Å². The summed E-state index contributed by atoms with van der Waals surface area (Å²) >= 11 is 0. The Balaban J connectivity index is 3.42. The van der Waals surface area contributed by atoms with E-state index in [0.717, 1.165) is 16.8 Å². The highest BCUT2D eigenvalue weighted by Crippen LogP contribution is 2.13. The van der Waals surface area contributed by atoms with Gasteiger partial charge < -0.3 is 4.74 Å². The first kappa shape index (κ1) is 10.2. The molecule has 0 fully saturated rings. The minimum absolute atomic E-state index is 0.241. The number of rotatable bonds is 5. The van der Waals surface area contributed by atoms with Crippen molar-refractivity contribution >= 4 is 10.2 Å². The van der Waals surface area contributed by atoms with E-state index in [-0.39, 0.29) is 5.22 Å². The van der Waals surface area contributed by atoms with Crippen LogP contribution in [0.1, 0.15) is 40.0 Å². The number of hydrogen-bond donors (Lipinski definition) is 0. The molecule has 1 atom stereocenters. The quantitative estimate of drug-likeness (QED) is 0.551. The van der Waals surface area contributed by atoms with Gasteiger partial charge in [-0.1, -0.05) is 19.8 Å². The Bertz CT molecular complexity index is 81.3. The van der Waals surface area contributed by atoms with Gasteiger partial charge in [-0.25, -0.2) is 0 Å². The molecule has 0 aromatic carbocycles. The van der Waals surface area contributed by atoms with Crippen LogP contribution < -0.4 is 0 Å². The van der Waals surface area contributed by atoms with E-state index in [2.05, 4.69) is 20.8 Å². The summed E-state index contributed by atoms with van der Waals surface area (Å²) in [5, 5.41) is 0.241. The lowest BCUT2D eigenvalue weighted by molar-refractivity contribution is 0.0334. The minimum Gasteiger partial charge on any atom is -0.380 e. The minimum atomic E-state index is 0.241. The highest BCUT2D eigenvalue weighted by molar-refractivity contribution is 6.14. The van der Waals surface area contributed by atoms with E-state index < -0.39 is 0 Å². The van der Waals surface area contributed by atoms with Gasteiger partial charge in [0.1, 0.15) is 0 Å². The lowest BCUT2D eigenvalue weighted by atomic mass is 10.2. The molecule has 62 valence electrons. The first-order valence-electron chi connectivity index (χ1n) is 4.26. The third-order valence-corrected chi connectivity index (χ3v) is 2.46. The van der Waals surface area contributed by atoms with Crippen LogP contribution in [-0.2, 0) is 4.74 Å². The van der Waals surface area contributed by atoms with Crippen molar-refractivity contribution in [2.24, 2.45) is 0 Å². The van der Waals surface area contributed by atoms with Crippen LogP contribution in [0.4, 0.5) is 0 Å².